The SMILES string of the molecule is NC(=O)[C@@]1(C2CC2)COc2c1cc(C(CN=C([O-])c1ccc3c(c1)C=C(C1CC1)NN3)C(F)(F)F)nc2-c1ccc(F)cc1. The van der Waals surface area contributed by atoms with Crippen molar-refractivity contribution in [1.82, 2.24) is 10.4 Å². The number of carbonyl (C=O) groups is 1. The van der Waals surface area contributed by atoms with Gasteiger partial charge < -0.3 is 26.4 Å². The number of anilines is 1. The van der Waals surface area contributed by atoms with Crippen LogP contribution >= 0.6 is 0 Å². The molecule has 3 heterocycles. The van der Waals surface area contributed by atoms with Crippen molar-refractivity contribution in [1.29, 1.82) is 0 Å². The summed E-state index contributed by atoms with van der Waals surface area (Å²) in [5, 5.41) is 13.1. The summed E-state index contributed by atoms with van der Waals surface area (Å²) in [7, 11) is 0. The molecule has 7 rings (SSSR count). The first-order chi connectivity index (χ1) is 21.0. The van der Waals surface area contributed by atoms with Gasteiger partial charge in [0, 0.05) is 28.3 Å². The van der Waals surface area contributed by atoms with Crippen LogP contribution in [0, 0.1) is 17.7 Å². The largest absolute Gasteiger partial charge is 0.858 e. The number of amides is 1. The van der Waals surface area contributed by atoms with Crippen LogP contribution in [0.1, 0.15) is 54.0 Å². The first kappa shape index (κ1) is 28.2. The van der Waals surface area contributed by atoms with E-state index >= 15 is 0 Å². The molecule has 4 aliphatic rings. The summed E-state index contributed by atoms with van der Waals surface area (Å²) in [6.45, 7) is -1.05. The van der Waals surface area contributed by atoms with Crippen LogP contribution in [0.4, 0.5) is 23.2 Å². The lowest BCUT2D eigenvalue weighted by atomic mass is 9.76. The van der Waals surface area contributed by atoms with Gasteiger partial charge in [0.25, 0.3) is 0 Å². The Bertz CT molecular complexity index is 1710. The third kappa shape index (κ3) is 4.91. The minimum atomic E-state index is -4.84. The third-order valence-electron chi connectivity index (χ3n) is 8.89. The predicted molar refractivity (Wildman–Crippen MR) is 153 cm³/mol. The number of aromatic nitrogens is 1. The molecule has 2 saturated carbocycles. The summed E-state index contributed by atoms with van der Waals surface area (Å²) in [6.07, 6.45) is 0.562. The zero-order valence-electron chi connectivity index (χ0n) is 23.4. The van der Waals surface area contributed by atoms with Gasteiger partial charge in [-0.25, -0.2) is 9.37 Å². The molecule has 44 heavy (non-hydrogen) atoms. The highest BCUT2D eigenvalue weighted by Crippen LogP contribution is 2.55. The number of nitrogens with two attached hydrogens (primary N) is 1. The second kappa shape index (κ2) is 10.2. The molecule has 1 amide bonds. The van der Waals surface area contributed by atoms with Crippen LogP contribution in [0.15, 0.2) is 59.2 Å². The number of aliphatic imine (C=N–C) groups is 1. The van der Waals surface area contributed by atoms with Crippen LogP contribution in [0.2, 0.25) is 0 Å². The van der Waals surface area contributed by atoms with Crippen molar-refractivity contribution in [2.45, 2.75) is 43.2 Å². The minimum absolute atomic E-state index is 0.0379. The molecule has 4 N–H and O–H groups in total. The highest BCUT2D eigenvalue weighted by molar-refractivity contribution is 5.93. The van der Waals surface area contributed by atoms with Crippen molar-refractivity contribution >= 4 is 23.6 Å². The Morgan fingerprint density at radius 3 is 2.52 bits per heavy atom. The first-order valence-electron chi connectivity index (χ1n) is 14.4. The number of carbonyl (C=O) groups excluding carboxylic acids is 1. The fourth-order valence-electron chi connectivity index (χ4n) is 6.11. The quantitative estimate of drug-likeness (QED) is 0.196. The van der Waals surface area contributed by atoms with Crippen molar-refractivity contribution in [2.75, 3.05) is 18.6 Å². The molecule has 228 valence electrons. The Balaban J connectivity index is 1.28. The number of halogens is 4. The number of fused-ring (bicyclic) bond motifs is 2. The summed E-state index contributed by atoms with van der Waals surface area (Å²) in [4.78, 5) is 21.0. The number of hydrogen-bond donors (Lipinski definition) is 3. The molecule has 2 atom stereocenters. The van der Waals surface area contributed by atoms with E-state index in [4.69, 9.17) is 10.5 Å². The average Bonchev–Trinajstić information content (AvgIpc) is 3.93. The van der Waals surface area contributed by atoms with E-state index < -0.39 is 47.4 Å². The maximum absolute atomic E-state index is 14.7. The van der Waals surface area contributed by atoms with Gasteiger partial charge in [0.05, 0.1) is 17.9 Å². The van der Waals surface area contributed by atoms with E-state index in [0.29, 0.717) is 24.3 Å². The van der Waals surface area contributed by atoms with Crippen LogP contribution in [-0.4, -0.2) is 36.1 Å². The van der Waals surface area contributed by atoms with E-state index in [9.17, 15) is 27.5 Å². The molecule has 1 aromatic heterocycles. The summed E-state index contributed by atoms with van der Waals surface area (Å²) in [6, 6.07) is 11.1. The Morgan fingerprint density at radius 1 is 1.11 bits per heavy atom. The van der Waals surface area contributed by atoms with E-state index in [2.05, 4.69) is 20.8 Å². The van der Waals surface area contributed by atoms with Gasteiger partial charge in [0.2, 0.25) is 5.91 Å². The number of hydrazine groups is 1. The average molecular weight is 607 g/mol. The van der Waals surface area contributed by atoms with E-state index in [1.165, 1.54) is 24.3 Å². The second-order valence-electron chi connectivity index (χ2n) is 11.8. The molecular formula is C32H28F4N5O3-. The number of nitrogens with one attached hydrogen (secondary N) is 2. The molecule has 12 heteroatoms. The Hall–Kier alpha value is -4.61. The van der Waals surface area contributed by atoms with Crippen LogP contribution in [0.25, 0.3) is 17.3 Å². The summed E-state index contributed by atoms with van der Waals surface area (Å²) < 4.78 is 63.6. The summed E-state index contributed by atoms with van der Waals surface area (Å²) >= 11 is 0. The summed E-state index contributed by atoms with van der Waals surface area (Å²) in [5.41, 5.74) is 13.5. The van der Waals surface area contributed by atoms with Gasteiger partial charge in [0.15, 0.2) is 0 Å². The number of pyridine rings is 1. The molecule has 2 aliphatic heterocycles. The predicted octanol–water partition coefficient (Wildman–Crippen LogP) is 4.55. The summed E-state index contributed by atoms with van der Waals surface area (Å²) in [5.74, 6) is -3.91. The molecule has 2 fully saturated rings. The number of rotatable bonds is 8. The normalized spacial score (nSPS) is 21.7. The molecule has 8 nitrogen and oxygen atoms in total. The van der Waals surface area contributed by atoms with Crippen LogP contribution < -0.4 is 26.4 Å². The zero-order valence-corrected chi connectivity index (χ0v) is 23.4. The van der Waals surface area contributed by atoms with Crippen molar-refractivity contribution in [2.24, 2.45) is 22.6 Å². The number of ether oxygens (including phenoxy) is 1. The zero-order chi connectivity index (χ0) is 30.8. The van der Waals surface area contributed by atoms with Crippen molar-refractivity contribution < 1.29 is 32.2 Å². The fraction of sp³-hybridized carbons (Fsp3) is 0.344. The Kier molecular flexibility index (Phi) is 6.56. The highest BCUT2D eigenvalue weighted by Gasteiger charge is 2.57. The number of alkyl halides is 3. The van der Waals surface area contributed by atoms with Crippen molar-refractivity contribution in [3.05, 3.63) is 82.4 Å². The molecule has 0 radical (unpaired) electrons. The lowest BCUT2D eigenvalue weighted by Crippen LogP contribution is -2.44. The monoisotopic (exact) mass is 606 g/mol. The van der Waals surface area contributed by atoms with E-state index in [1.807, 2.05) is 6.08 Å². The van der Waals surface area contributed by atoms with Gasteiger partial charge in [0.1, 0.15) is 35.2 Å². The van der Waals surface area contributed by atoms with Gasteiger partial charge in [-0.05, 0) is 91.6 Å². The third-order valence-corrected chi connectivity index (χ3v) is 8.89. The Labute approximate surface area is 250 Å². The van der Waals surface area contributed by atoms with Gasteiger partial charge in [-0.15, -0.1) is 0 Å². The molecule has 2 aromatic carbocycles. The minimum Gasteiger partial charge on any atom is -0.858 e. The van der Waals surface area contributed by atoms with Gasteiger partial charge >= 0.3 is 6.18 Å². The molecule has 0 saturated heterocycles. The molecule has 1 unspecified atom stereocenters. The van der Waals surface area contributed by atoms with Gasteiger partial charge in [-0.2, -0.15) is 13.2 Å². The highest BCUT2D eigenvalue weighted by atomic mass is 19.4. The standard InChI is InChI=1S/C32H29F4N5O3/c33-21-8-3-17(4-9-21)27-28-22(31(15-44-28,30(37)43)20-6-7-20)13-26(39-27)23(32(34,35)36)14-38-29(42)18-5-10-24-19(11-18)12-25(41-40-24)16-1-2-16/h3-5,8-13,16,20,23,40-41H,1-2,6-7,14-15H2,(H2,37,43)(H,38,42)/p-1/t23?,31-/m1/s1. The van der Waals surface area contributed by atoms with E-state index in [1.54, 1.807) is 12.1 Å². The van der Waals surface area contributed by atoms with E-state index in [0.717, 1.165) is 41.9 Å². The molecule has 2 aliphatic carbocycles. The maximum Gasteiger partial charge on any atom is 0.399 e. The first-order valence-corrected chi connectivity index (χ1v) is 14.4. The number of primary amides is 1. The lowest BCUT2D eigenvalue weighted by Gasteiger charge is -2.26. The van der Waals surface area contributed by atoms with Gasteiger partial charge in [-0.3, -0.25) is 9.79 Å². The van der Waals surface area contributed by atoms with Crippen molar-refractivity contribution in [3.63, 3.8) is 0 Å². The number of hydrogen-bond acceptors (Lipinski definition) is 7. The van der Waals surface area contributed by atoms with E-state index in [-0.39, 0.29) is 35.1 Å². The number of allylic oxidation sites excluding steroid dienone is 1. The van der Waals surface area contributed by atoms with Crippen LogP contribution in [0.3, 0.4) is 0 Å². The molecule has 3 aromatic rings. The second-order valence-corrected chi connectivity index (χ2v) is 11.8. The number of nitrogens with zero attached hydrogens (tertiary/aromatic N) is 2. The topological polar surface area (TPSA) is 125 Å². The maximum atomic E-state index is 14.7. The number of benzene rings is 2. The van der Waals surface area contributed by atoms with Crippen molar-refractivity contribution in [3.8, 4) is 17.0 Å². The fourth-order valence-corrected chi connectivity index (χ4v) is 6.11. The van der Waals surface area contributed by atoms with Gasteiger partial charge in [-0.1, -0.05) is 6.07 Å². The molecule has 0 bridgehead atoms. The Morgan fingerprint density at radius 2 is 1.86 bits per heavy atom. The molecular weight excluding hydrogens is 578 g/mol. The van der Waals surface area contributed by atoms with Crippen LogP contribution in [0.5, 0.6) is 5.75 Å². The molecule has 0 spiro atoms. The smallest absolute Gasteiger partial charge is 0.399 e. The lowest BCUT2D eigenvalue weighted by molar-refractivity contribution is -0.213. The van der Waals surface area contributed by atoms with Crippen LogP contribution in [-0.2, 0) is 10.2 Å².